The Morgan fingerprint density at radius 2 is 1.65 bits per heavy atom. The van der Waals surface area contributed by atoms with E-state index in [1.54, 1.807) is 0 Å². The summed E-state index contributed by atoms with van der Waals surface area (Å²) in [6.07, 6.45) is 1.09. The van der Waals surface area contributed by atoms with E-state index in [0.717, 1.165) is 23.3 Å². The molecule has 4 rings (SSSR count). The average Bonchev–Trinajstić information content (AvgIpc) is 2.88. The topological polar surface area (TPSA) is 75.7 Å². The van der Waals surface area contributed by atoms with Crippen molar-refractivity contribution in [1.82, 2.24) is 9.62 Å². The number of piperidine rings is 1. The van der Waals surface area contributed by atoms with Crippen LogP contribution < -0.4 is 10.1 Å². The van der Waals surface area contributed by atoms with Crippen molar-refractivity contribution < 1.29 is 22.3 Å². The number of amides is 1. The van der Waals surface area contributed by atoms with Gasteiger partial charge in [-0.05, 0) is 42.2 Å². The Labute approximate surface area is 199 Å². The van der Waals surface area contributed by atoms with E-state index in [9.17, 15) is 17.6 Å². The molecule has 1 N–H and O–H groups in total. The average molecular weight is 483 g/mol. The molecular weight excluding hydrogens is 455 g/mol. The molecule has 0 saturated carbocycles. The normalized spacial score (nSPS) is 16.9. The highest BCUT2D eigenvalue weighted by atomic mass is 32.2. The Morgan fingerprint density at radius 1 is 1.03 bits per heavy atom. The molecule has 1 unspecified atom stereocenters. The van der Waals surface area contributed by atoms with Crippen LogP contribution in [0, 0.1) is 11.7 Å². The number of hydrogen-bond acceptors (Lipinski definition) is 4. The molecule has 0 aromatic heterocycles. The van der Waals surface area contributed by atoms with Crippen LogP contribution in [0.1, 0.15) is 30.0 Å². The van der Waals surface area contributed by atoms with E-state index in [-0.39, 0.29) is 35.7 Å². The Morgan fingerprint density at radius 3 is 2.24 bits per heavy atom. The second kappa shape index (κ2) is 10.4. The first-order valence-electron chi connectivity index (χ1n) is 11.1. The lowest BCUT2D eigenvalue weighted by Gasteiger charge is -2.32. The zero-order chi connectivity index (χ0) is 24.1. The van der Waals surface area contributed by atoms with Gasteiger partial charge in [0.1, 0.15) is 16.5 Å². The van der Waals surface area contributed by atoms with Crippen molar-refractivity contribution in [3.63, 3.8) is 0 Å². The van der Waals surface area contributed by atoms with Gasteiger partial charge in [0.2, 0.25) is 15.9 Å². The molecule has 1 heterocycles. The molecule has 1 aliphatic rings. The predicted octanol–water partition coefficient (Wildman–Crippen LogP) is 4.14. The lowest BCUT2D eigenvalue weighted by Crippen LogP contribution is -2.46. The van der Waals surface area contributed by atoms with Gasteiger partial charge in [-0.3, -0.25) is 4.79 Å². The van der Waals surface area contributed by atoms with Gasteiger partial charge in [0.15, 0.2) is 0 Å². The van der Waals surface area contributed by atoms with E-state index in [2.05, 4.69) is 5.32 Å². The molecule has 1 fully saturated rings. The lowest BCUT2D eigenvalue weighted by atomic mass is 9.95. The van der Waals surface area contributed by atoms with Crippen LogP contribution in [-0.4, -0.2) is 38.8 Å². The molecule has 0 spiro atoms. The molecule has 8 heteroatoms. The van der Waals surface area contributed by atoms with Crippen molar-refractivity contribution in [2.24, 2.45) is 5.92 Å². The summed E-state index contributed by atoms with van der Waals surface area (Å²) in [4.78, 5) is 13.1. The van der Waals surface area contributed by atoms with Crippen molar-refractivity contribution in [2.45, 2.75) is 23.8 Å². The molecule has 0 aliphatic carbocycles. The Kier molecular flexibility index (Phi) is 7.29. The van der Waals surface area contributed by atoms with Gasteiger partial charge in [-0.25, -0.2) is 12.8 Å². The zero-order valence-corrected chi connectivity index (χ0v) is 19.7. The molecule has 3 aromatic rings. The zero-order valence-electron chi connectivity index (χ0n) is 18.9. The molecule has 1 atom stereocenters. The van der Waals surface area contributed by atoms with E-state index < -0.39 is 21.8 Å². The summed E-state index contributed by atoms with van der Waals surface area (Å²) in [5.41, 5.74) is 1.87. The van der Waals surface area contributed by atoms with Crippen molar-refractivity contribution in [3.05, 3.63) is 95.8 Å². The third-order valence-corrected chi connectivity index (χ3v) is 7.94. The summed E-state index contributed by atoms with van der Waals surface area (Å²) < 4.78 is 46.8. The second-order valence-electron chi connectivity index (χ2n) is 8.26. The molecule has 3 aromatic carbocycles. The standard InChI is InChI=1S/C26H27FN2O4S/c1-33-23-15-14-22(27)17-24(23)34(31,32)29-16-8-13-21(18-29)26(30)28-25(19-9-4-2-5-10-19)20-11-6-3-7-12-20/h2-7,9-12,14-15,17,21,25H,8,13,16,18H2,1H3,(H,28,30). The highest BCUT2D eigenvalue weighted by Crippen LogP contribution is 2.31. The minimum absolute atomic E-state index is 0.0180. The summed E-state index contributed by atoms with van der Waals surface area (Å²) in [6, 6.07) is 22.3. The van der Waals surface area contributed by atoms with Gasteiger partial charge in [0.05, 0.1) is 19.1 Å². The molecule has 1 aliphatic heterocycles. The SMILES string of the molecule is COc1ccc(F)cc1S(=O)(=O)N1CCCC(C(=O)NC(c2ccccc2)c2ccccc2)C1. The monoisotopic (exact) mass is 482 g/mol. The lowest BCUT2D eigenvalue weighted by molar-refractivity contribution is -0.126. The van der Waals surface area contributed by atoms with Crippen molar-refractivity contribution in [1.29, 1.82) is 0 Å². The number of halogens is 1. The molecule has 178 valence electrons. The van der Waals surface area contributed by atoms with Crippen LogP contribution in [0.3, 0.4) is 0 Å². The summed E-state index contributed by atoms with van der Waals surface area (Å²) in [7, 11) is -2.70. The first-order valence-corrected chi connectivity index (χ1v) is 12.6. The maximum atomic E-state index is 13.8. The minimum Gasteiger partial charge on any atom is -0.495 e. The molecular formula is C26H27FN2O4S. The number of sulfonamides is 1. The predicted molar refractivity (Wildman–Crippen MR) is 127 cm³/mol. The van der Waals surface area contributed by atoms with Crippen LogP contribution in [0.15, 0.2) is 83.8 Å². The van der Waals surface area contributed by atoms with Gasteiger partial charge in [-0.2, -0.15) is 4.31 Å². The van der Waals surface area contributed by atoms with Gasteiger partial charge in [0, 0.05) is 13.1 Å². The number of hydrogen-bond donors (Lipinski definition) is 1. The van der Waals surface area contributed by atoms with Gasteiger partial charge in [-0.15, -0.1) is 0 Å². The van der Waals surface area contributed by atoms with Crippen LogP contribution in [0.2, 0.25) is 0 Å². The first kappa shape index (κ1) is 23.9. The van der Waals surface area contributed by atoms with E-state index in [1.807, 2.05) is 60.7 Å². The van der Waals surface area contributed by atoms with Crippen LogP contribution in [-0.2, 0) is 14.8 Å². The summed E-state index contributed by atoms with van der Waals surface area (Å²) in [6.45, 7) is 0.275. The highest BCUT2D eigenvalue weighted by molar-refractivity contribution is 7.89. The van der Waals surface area contributed by atoms with Crippen LogP contribution in [0.4, 0.5) is 4.39 Å². The molecule has 1 saturated heterocycles. The smallest absolute Gasteiger partial charge is 0.246 e. The quantitative estimate of drug-likeness (QED) is 0.549. The maximum Gasteiger partial charge on any atom is 0.246 e. The number of nitrogens with zero attached hydrogens (tertiary/aromatic N) is 1. The molecule has 34 heavy (non-hydrogen) atoms. The van der Waals surface area contributed by atoms with Crippen LogP contribution in [0.5, 0.6) is 5.75 Å². The Hall–Kier alpha value is -3.23. The number of rotatable bonds is 7. The van der Waals surface area contributed by atoms with Crippen LogP contribution in [0.25, 0.3) is 0 Å². The van der Waals surface area contributed by atoms with Gasteiger partial charge >= 0.3 is 0 Å². The van der Waals surface area contributed by atoms with Gasteiger partial charge in [-0.1, -0.05) is 60.7 Å². The fourth-order valence-electron chi connectivity index (χ4n) is 4.28. The summed E-state index contributed by atoms with van der Waals surface area (Å²) >= 11 is 0. The molecule has 6 nitrogen and oxygen atoms in total. The number of benzene rings is 3. The fraction of sp³-hybridized carbons (Fsp3) is 0.269. The fourth-order valence-corrected chi connectivity index (χ4v) is 5.97. The Balaban J connectivity index is 1.56. The van der Waals surface area contributed by atoms with Crippen LogP contribution >= 0.6 is 0 Å². The number of ether oxygens (including phenoxy) is 1. The van der Waals surface area contributed by atoms with Crippen molar-refractivity contribution in [2.75, 3.05) is 20.2 Å². The Bertz CT molecular complexity index is 1200. The number of carbonyl (C=O) groups excluding carboxylic acids is 1. The summed E-state index contributed by atoms with van der Waals surface area (Å²) in [5, 5.41) is 3.12. The van der Waals surface area contributed by atoms with E-state index in [0.29, 0.717) is 12.8 Å². The molecule has 0 radical (unpaired) electrons. The number of carbonyl (C=O) groups is 1. The van der Waals surface area contributed by atoms with E-state index >= 15 is 0 Å². The largest absolute Gasteiger partial charge is 0.495 e. The first-order chi connectivity index (χ1) is 16.4. The van der Waals surface area contributed by atoms with Crippen molar-refractivity contribution in [3.8, 4) is 5.75 Å². The highest BCUT2D eigenvalue weighted by Gasteiger charge is 2.35. The number of nitrogens with one attached hydrogen (secondary N) is 1. The second-order valence-corrected chi connectivity index (χ2v) is 10.2. The van der Waals surface area contributed by atoms with E-state index in [4.69, 9.17) is 4.74 Å². The van der Waals surface area contributed by atoms with Gasteiger partial charge in [0.25, 0.3) is 0 Å². The summed E-state index contributed by atoms with van der Waals surface area (Å²) in [5.74, 6) is -1.35. The maximum absolute atomic E-state index is 13.8. The van der Waals surface area contributed by atoms with Crippen molar-refractivity contribution >= 4 is 15.9 Å². The molecule has 0 bridgehead atoms. The minimum atomic E-state index is -4.04. The van der Waals surface area contributed by atoms with Gasteiger partial charge < -0.3 is 10.1 Å². The molecule has 1 amide bonds. The third kappa shape index (κ3) is 5.13. The van der Waals surface area contributed by atoms with E-state index in [1.165, 1.54) is 17.5 Å². The number of methoxy groups -OCH3 is 1. The third-order valence-electron chi connectivity index (χ3n) is 6.05.